The van der Waals surface area contributed by atoms with Crippen molar-refractivity contribution in [2.75, 3.05) is 25.9 Å². The molecule has 6 nitrogen and oxygen atoms in total. The predicted octanol–water partition coefficient (Wildman–Crippen LogP) is -0.457. The van der Waals surface area contributed by atoms with Crippen LogP contribution in [0, 0.1) is 5.92 Å². The molecule has 0 radical (unpaired) electrons. The fraction of sp³-hybridized carbons (Fsp3) is 0.900. The Hall–Kier alpha value is -0.370. The highest BCUT2D eigenvalue weighted by Crippen LogP contribution is 2.20. The number of amides is 1. The van der Waals surface area contributed by atoms with Crippen LogP contribution in [0.3, 0.4) is 0 Å². The second-order valence-electron chi connectivity index (χ2n) is 4.45. The van der Waals surface area contributed by atoms with Crippen LogP contribution in [0.2, 0.25) is 0 Å². The lowest BCUT2D eigenvalue weighted by atomic mass is 10.1. The molecule has 1 rings (SSSR count). The van der Waals surface area contributed by atoms with Gasteiger partial charge in [-0.25, -0.2) is 13.1 Å². The van der Waals surface area contributed by atoms with Crippen LogP contribution in [0.1, 0.15) is 19.8 Å². The predicted molar refractivity (Wildman–Crippen MR) is 73.0 cm³/mol. The first-order chi connectivity index (χ1) is 7.91. The first-order valence-corrected chi connectivity index (χ1v) is 7.48. The Morgan fingerprint density at radius 2 is 2.17 bits per heavy atom. The van der Waals surface area contributed by atoms with Crippen LogP contribution in [0.25, 0.3) is 0 Å². The highest BCUT2D eigenvalue weighted by molar-refractivity contribution is 7.89. The summed E-state index contributed by atoms with van der Waals surface area (Å²) in [4.78, 5) is 13.7. The molecular weight excluding hydrogens is 278 g/mol. The van der Waals surface area contributed by atoms with Gasteiger partial charge < -0.3 is 10.6 Å². The van der Waals surface area contributed by atoms with E-state index in [4.69, 9.17) is 5.73 Å². The molecule has 108 valence electrons. The van der Waals surface area contributed by atoms with E-state index in [1.54, 1.807) is 11.8 Å². The van der Waals surface area contributed by atoms with Crippen LogP contribution in [0.5, 0.6) is 0 Å². The van der Waals surface area contributed by atoms with Gasteiger partial charge in [0.1, 0.15) is 0 Å². The minimum Gasteiger partial charge on any atom is -0.338 e. The van der Waals surface area contributed by atoms with Crippen LogP contribution in [-0.2, 0) is 14.8 Å². The van der Waals surface area contributed by atoms with Gasteiger partial charge in [0.2, 0.25) is 15.9 Å². The van der Waals surface area contributed by atoms with E-state index in [2.05, 4.69) is 4.72 Å². The maximum absolute atomic E-state index is 12.0. The van der Waals surface area contributed by atoms with E-state index in [1.165, 1.54) is 7.05 Å². The second kappa shape index (κ2) is 7.28. The molecule has 0 saturated carbocycles. The van der Waals surface area contributed by atoms with Crippen molar-refractivity contribution in [2.24, 2.45) is 11.7 Å². The van der Waals surface area contributed by atoms with Gasteiger partial charge in [-0.2, -0.15) is 0 Å². The minimum absolute atomic E-state index is 0. The van der Waals surface area contributed by atoms with Gasteiger partial charge >= 0.3 is 0 Å². The number of sulfonamides is 1. The highest BCUT2D eigenvalue weighted by Gasteiger charge is 2.33. The Bertz CT molecular complexity index is 375. The summed E-state index contributed by atoms with van der Waals surface area (Å²) in [6.45, 7) is 2.69. The highest BCUT2D eigenvalue weighted by atomic mass is 35.5. The summed E-state index contributed by atoms with van der Waals surface area (Å²) in [6.07, 6.45) is 1.59. The largest absolute Gasteiger partial charge is 0.338 e. The molecule has 1 heterocycles. The van der Waals surface area contributed by atoms with E-state index < -0.39 is 10.0 Å². The molecule has 2 atom stereocenters. The van der Waals surface area contributed by atoms with E-state index >= 15 is 0 Å². The van der Waals surface area contributed by atoms with Gasteiger partial charge in [0.05, 0.1) is 5.75 Å². The number of hydrogen-bond acceptors (Lipinski definition) is 4. The van der Waals surface area contributed by atoms with Crippen molar-refractivity contribution >= 4 is 28.3 Å². The van der Waals surface area contributed by atoms with Crippen molar-refractivity contribution in [3.8, 4) is 0 Å². The molecule has 1 aliphatic heterocycles. The molecule has 3 N–H and O–H groups in total. The third kappa shape index (κ3) is 4.38. The van der Waals surface area contributed by atoms with Gasteiger partial charge in [-0.05, 0) is 19.9 Å². The van der Waals surface area contributed by atoms with Crippen LogP contribution >= 0.6 is 12.4 Å². The Kier molecular flexibility index (Phi) is 7.13. The van der Waals surface area contributed by atoms with Crippen molar-refractivity contribution in [3.05, 3.63) is 0 Å². The standard InChI is InChI=1S/C10H21N3O3S.ClH/c1-8(6-11)10(14)13-5-3-4-9(13)7-17(15,16)12-2;/h8-9,12H,3-7,11H2,1-2H3;1H. The number of carbonyl (C=O) groups is 1. The number of nitrogens with zero attached hydrogens (tertiary/aromatic N) is 1. The smallest absolute Gasteiger partial charge is 0.226 e. The Morgan fingerprint density at radius 1 is 1.56 bits per heavy atom. The third-order valence-corrected chi connectivity index (χ3v) is 4.60. The molecule has 2 unspecified atom stereocenters. The van der Waals surface area contributed by atoms with E-state index in [-0.39, 0.29) is 36.0 Å². The summed E-state index contributed by atoms with van der Waals surface area (Å²) in [7, 11) is -1.89. The number of nitrogens with two attached hydrogens (primary N) is 1. The number of hydrogen-bond donors (Lipinski definition) is 2. The molecule has 1 fully saturated rings. The lowest BCUT2D eigenvalue weighted by Crippen LogP contribution is -2.45. The van der Waals surface area contributed by atoms with Crippen LogP contribution in [-0.4, -0.2) is 51.2 Å². The van der Waals surface area contributed by atoms with Crippen molar-refractivity contribution in [1.29, 1.82) is 0 Å². The monoisotopic (exact) mass is 299 g/mol. The summed E-state index contributed by atoms with van der Waals surface area (Å²) in [6, 6.07) is -0.214. The Morgan fingerprint density at radius 3 is 2.67 bits per heavy atom. The zero-order valence-electron chi connectivity index (χ0n) is 10.8. The topological polar surface area (TPSA) is 92.5 Å². The molecule has 0 aliphatic carbocycles. The van der Waals surface area contributed by atoms with Gasteiger partial charge in [0.15, 0.2) is 0 Å². The normalized spacial score (nSPS) is 21.5. The number of halogens is 1. The number of rotatable bonds is 5. The van der Waals surface area contributed by atoms with Gasteiger partial charge in [-0.1, -0.05) is 6.92 Å². The summed E-state index contributed by atoms with van der Waals surface area (Å²) in [5.74, 6) is -0.304. The molecule has 0 aromatic heterocycles. The van der Waals surface area contributed by atoms with Crippen LogP contribution in [0.4, 0.5) is 0 Å². The molecule has 1 aliphatic rings. The van der Waals surface area contributed by atoms with E-state index in [0.29, 0.717) is 13.1 Å². The van der Waals surface area contributed by atoms with Gasteiger partial charge in [-0.3, -0.25) is 4.79 Å². The fourth-order valence-electron chi connectivity index (χ4n) is 2.02. The van der Waals surface area contributed by atoms with Crippen LogP contribution < -0.4 is 10.5 Å². The quantitative estimate of drug-likeness (QED) is 0.719. The molecule has 1 saturated heterocycles. The molecule has 8 heteroatoms. The molecule has 18 heavy (non-hydrogen) atoms. The number of likely N-dealkylation sites (tertiary alicyclic amines) is 1. The molecule has 0 aromatic rings. The van der Waals surface area contributed by atoms with Crippen molar-refractivity contribution < 1.29 is 13.2 Å². The van der Waals surface area contributed by atoms with Crippen molar-refractivity contribution in [3.63, 3.8) is 0 Å². The Balaban J connectivity index is 0.00000289. The molecular formula is C10H22ClN3O3S. The zero-order chi connectivity index (χ0) is 13.1. The Labute approximate surface area is 115 Å². The first kappa shape index (κ1) is 17.6. The van der Waals surface area contributed by atoms with Crippen LogP contribution in [0.15, 0.2) is 0 Å². The lowest BCUT2D eigenvalue weighted by molar-refractivity contribution is -0.135. The van der Waals surface area contributed by atoms with Gasteiger partial charge in [0, 0.05) is 25.0 Å². The average molecular weight is 300 g/mol. The number of nitrogens with one attached hydrogen (secondary N) is 1. The summed E-state index contributed by atoms with van der Waals surface area (Å²) in [5.41, 5.74) is 5.46. The van der Waals surface area contributed by atoms with Crippen molar-refractivity contribution in [1.82, 2.24) is 9.62 Å². The summed E-state index contributed by atoms with van der Waals surface area (Å²) < 4.78 is 25.3. The average Bonchev–Trinajstić information content (AvgIpc) is 2.74. The van der Waals surface area contributed by atoms with E-state index in [0.717, 1.165) is 12.8 Å². The molecule has 0 bridgehead atoms. The maximum Gasteiger partial charge on any atom is 0.226 e. The summed E-state index contributed by atoms with van der Waals surface area (Å²) >= 11 is 0. The number of carbonyl (C=O) groups excluding carboxylic acids is 1. The summed E-state index contributed by atoms with van der Waals surface area (Å²) in [5, 5.41) is 0. The van der Waals surface area contributed by atoms with E-state index in [1.807, 2.05) is 0 Å². The SMILES string of the molecule is CNS(=O)(=O)CC1CCCN1C(=O)C(C)CN.Cl. The zero-order valence-corrected chi connectivity index (χ0v) is 12.4. The van der Waals surface area contributed by atoms with Crippen molar-refractivity contribution in [2.45, 2.75) is 25.8 Å². The second-order valence-corrected chi connectivity index (χ2v) is 6.42. The van der Waals surface area contributed by atoms with Gasteiger partial charge in [-0.15, -0.1) is 12.4 Å². The lowest BCUT2D eigenvalue weighted by Gasteiger charge is -2.26. The van der Waals surface area contributed by atoms with E-state index in [9.17, 15) is 13.2 Å². The molecule has 0 spiro atoms. The maximum atomic E-state index is 12.0. The first-order valence-electron chi connectivity index (χ1n) is 5.83. The minimum atomic E-state index is -3.28. The fourth-order valence-corrected chi connectivity index (χ4v) is 3.04. The van der Waals surface area contributed by atoms with Gasteiger partial charge in [0.25, 0.3) is 0 Å². The third-order valence-electron chi connectivity index (χ3n) is 3.16. The molecule has 1 amide bonds. The molecule has 0 aromatic carbocycles.